The van der Waals surface area contributed by atoms with E-state index in [1.807, 2.05) is 77.7 Å². The van der Waals surface area contributed by atoms with Gasteiger partial charge < -0.3 is 9.80 Å². The Labute approximate surface area is 196 Å². The van der Waals surface area contributed by atoms with Gasteiger partial charge in [0.1, 0.15) is 10.8 Å². The first-order chi connectivity index (χ1) is 15.7. The summed E-state index contributed by atoms with van der Waals surface area (Å²) in [5, 5.41) is 2.33. The van der Waals surface area contributed by atoms with E-state index in [0.29, 0.717) is 23.7 Å². The van der Waals surface area contributed by atoms with E-state index >= 15 is 0 Å². The van der Waals surface area contributed by atoms with E-state index in [4.69, 9.17) is 16.6 Å². The lowest BCUT2D eigenvalue weighted by molar-refractivity contribution is 0.0748. The highest BCUT2D eigenvalue weighted by Crippen LogP contribution is 2.31. The molecule has 160 valence electrons. The number of pyridine rings is 2. The summed E-state index contributed by atoms with van der Waals surface area (Å²) in [6.45, 7) is 2.83. The molecule has 1 aliphatic rings. The normalized spacial score (nSPS) is 14.0. The second-order valence-corrected chi connectivity index (χ2v) is 9.08. The molecular weight excluding hydrogens is 440 g/mol. The third-order valence-electron chi connectivity index (χ3n) is 5.48. The number of amides is 1. The fraction of sp³-hybridized carbons (Fsp3) is 0.160. The van der Waals surface area contributed by atoms with E-state index in [0.717, 1.165) is 39.7 Å². The summed E-state index contributed by atoms with van der Waals surface area (Å²) in [7, 11) is 0. The topological polar surface area (TPSA) is 49.3 Å². The van der Waals surface area contributed by atoms with Gasteiger partial charge in [-0.1, -0.05) is 53.7 Å². The third kappa shape index (κ3) is 4.42. The van der Waals surface area contributed by atoms with Gasteiger partial charge in [0, 0.05) is 47.7 Å². The average molecular weight is 461 g/mol. The molecule has 1 fully saturated rings. The number of hydrogen-bond acceptors (Lipinski definition) is 5. The minimum atomic E-state index is 0.0391. The van der Waals surface area contributed by atoms with Gasteiger partial charge in [0.15, 0.2) is 0 Å². The third-order valence-corrected chi connectivity index (χ3v) is 6.62. The second kappa shape index (κ2) is 9.18. The van der Waals surface area contributed by atoms with Gasteiger partial charge in [-0.05, 0) is 42.5 Å². The van der Waals surface area contributed by atoms with Crippen LogP contribution in [-0.4, -0.2) is 47.0 Å². The maximum atomic E-state index is 13.5. The number of para-hydroxylation sites is 1. The lowest BCUT2D eigenvalue weighted by Gasteiger charge is -2.35. The number of aromatic nitrogens is 2. The molecule has 0 saturated carbocycles. The molecule has 0 N–H and O–H groups in total. The Balaban J connectivity index is 1.41. The van der Waals surface area contributed by atoms with Crippen molar-refractivity contribution >= 4 is 46.0 Å². The molecule has 0 radical (unpaired) electrons. The zero-order valence-corrected chi connectivity index (χ0v) is 18.9. The van der Waals surface area contributed by atoms with Crippen molar-refractivity contribution in [3.05, 3.63) is 89.6 Å². The van der Waals surface area contributed by atoms with Crippen LogP contribution in [0.1, 0.15) is 10.4 Å². The van der Waals surface area contributed by atoms with E-state index in [-0.39, 0.29) is 5.91 Å². The van der Waals surface area contributed by atoms with Crippen LogP contribution >= 0.6 is 23.4 Å². The van der Waals surface area contributed by atoms with Crippen LogP contribution in [0.5, 0.6) is 0 Å². The van der Waals surface area contributed by atoms with E-state index < -0.39 is 0 Å². The van der Waals surface area contributed by atoms with Crippen molar-refractivity contribution in [2.24, 2.45) is 0 Å². The van der Waals surface area contributed by atoms with Crippen molar-refractivity contribution in [1.82, 2.24) is 14.9 Å². The average Bonchev–Trinajstić information content (AvgIpc) is 2.84. The Kier molecular flexibility index (Phi) is 5.97. The lowest BCUT2D eigenvalue weighted by atomic mass is 10.1. The molecule has 2 aromatic heterocycles. The number of carbonyl (C=O) groups is 1. The molecule has 2 aromatic carbocycles. The van der Waals surface area contributed by atoms with Crippen molar-refractivity contribution in [3.63, 3.8) is 0 Å². The van der Waals surface area contributed by atoms with Crippen LogP contribution in [-0.2, 0) is 0 Å². The Bertz CT molecular complexity index is 1260. The molecule has 0 unspecified atom stereocenters. The Morgan fingerprint density at radius 2 is 1.72 bits per heavy atom. The first kappa shape index (κ1) is 20.8. The number of nitrogens with zero attached hydrogens (tertiary/aromatic N) is 4. The van der Waals surface area contributed by atoms with Crippen LogP contribution in [0, 0.1) is 0 Å². The summed E-state index contributed by atoms with van der Waals surface area (Å²) in [6.07, 6.45) is 1.80. The van der Waals surface area contributed by atoms with Crippen LogP contribution in [0.3, 0.4) is 0 Å². The van der Waals surface area contributed by atoms with Crippen molar-refractivity contribution in [1.29, 1.82) is 0 Å². The number of anilines is 1. The van der Waals surface area contributed by atoms with E-state index in [2.05, 4.69) is 9.88 Å². The molecule has 0 aliphatic carbocycles. The van der Waals surface area contributed by atoms with Crippen LogP contribution in [0.15, 0.2) is 88.9 Å². The number of benzene rings is 2. The first-order valence-corrected chi connectivity index (χ1v) is 11.7. The summed E-state index contributed by atoms with van der Waals surface area (Å²) in [6, 6.07) is 23.3. The van der Waals surface area contributed by atoms with E-state index in [1.165, 1.54) is 11.8 Å². The molecule has 5 nitrogen and oxygen atoms in total. The number of carbonyl (C=O) groups excluding carboxylic acids is 1. The van der Waals surface area contributed by atoms with Crippen molar-refractivity contribution in [2.45, 2.75) is 9.92 Å². The Morgan fingerprint density at radius 3 is 2.50 bits per heavy atom. The molecule has 1 saturated heterocycles. The number of fused-ring (bicyclic) bond motifs is 1. The largest absolute Gasteiger partial charge is 0.353 e. The smallest absolute Gasteiger partial charge is 0.254 e. The van der Waals surface area contributed by atoms with Gasteiger partial charge in [-0.2, -0.15) is 0 Å². The zero-order valence-electron chi connectivity index (χ0n) is 17.3. The molecule has 1 aliphatic heterocycles. The molecule has 1 amide bonds. The van der Waals surface area contributed by atoms with E-state index in [1.54, 1.807) is 6.20 Å². The summed E-state index contributed by atoms with van der Waals surface area (Å²) in [4.78, 5) is 27.9. The highest BCUT2D eigenvalue weighted by molar-refractivity contribution is 7.99. The van der Waals surface area contributed by atoms with Crippen molar-refractivity contribution in [3.8, 4) is 0 Å². The molecular formula is C25H21ClN4OS. The molecule has 7 heteroatoms. The summed E-state index contributed by atoms with van der Waals surface area (Å²) < 4.78 is 0. The minimum Gasteiger partial charge on any atom is -0.353 e. The molecule has 0 spiro atoms. The molecule has 4 aromatic rings. The summed E-state index contributed by atoms with van der Waals surface area (Å²) >= 11 is 7.65. The van der Waals surface area contributed by atoms with E-state index in [9.17, 15) is 4.79 Å². The number of piperazine rings is 1. The highest BCUT2D eigenvalue weighted by Gasteiger charge is 2.24. The first-order valence-electron chi connectivity index (χ1n) is 10.5. The van der Waals surface area contributed by atoms with Gasteiger partial charge in [0.05, 0.1) is 11.1 Å². The lowest BCUT2D eigenvalue weighted by Crippen LogP contribution is -2.49. The summed E-state index contributed by atoms with van der Waals surface area (Å²) in [5.74, 6) is 0.992. The predicted molar refractivity (Wildman–Crippen MR) is 130 cm³/mol. The monoisotopic (exact) mass is 460 g/mol. The number of hydrogen-bond donors (Lipinski definition) is 0. The molecule has 32 heavy (non-hydrogen) atoms. The highest BCUT2D eigenvalue weighted by atomic mass is 35.5. The second-order valence-electron chi connectivity index (χ2n) is 7.55. The molecule has 3 heterocycles. The number of halogens is 1. The van der Waals surface area contributed by atoms with Crippen molar-refractivity contribution < 1.29 is 4.79 Å². The molecule has 0 atom stereocenters. The van der Waals surface area contributed by atoms with Gasteiger partial charge in [-0.3, -0.25) is 4.79 Å². The van der Waals surface area contributed by atoms with Gasteiger partial charge >= 0.3 is 0 Å². The maximum Gasteiger partial charge on any atom is 0.254 e. The van der Waals surface area contributed by atoms with Crippen LogP contribution < -0.4 is 4.90 Å². The quantitative estimate of drug-likeness (QED) is 0.408. The van der Waals surface area contributed by atoms with Gasteiger partial charge in [0.25, 0.3) is 5.91 Å². The Hall–Kier alpha value is -3.09. The van der Waals surface area contributed by atoms with Gasteiger partial charge in [-0.15, -0.1) is 0 Å². The Morgan fingerprint density at radius 1 is 0.906 bits per heavy atom. The predicted octanol–water partition coefficient (Wildman–Crippen LogP) is 5.40. The molecule has 0 bridgehead atoms. The van der Waals surface area contributed by atoms with Crippen LogP contribution in [0.2, 0.25) is 5.02 Å². The fourth-order valence-corrected chi connectivity index (χ4v) is 5.03. The maximum absolute atomic E-state index is 13.5. The van der Waals surface area contributed by atoms with Crippen molar-refractivity contribution in [2.75, 3.05) is 31.1 Å². The van der Waals surface area contributed by atoms with Gasteiger partial charge in [-0.25, -0.2) is 9.97 Å². The zero-order chi connectivity index (χ0) is 21.9. The van der Waals surface area contributed by atoms with Crippen LogP contribution in [0.4, 0.5) is 5.82 Å². The SMILES string of the molecule is O=C(c1cc(Sc2cccc(Cl)c2)nc2ccccc12)N1CCN(c2ccccn2)CC1. The van der Waals surface area contributed by atoms with Gasteiger partial charge in [0.2, 0.25) is 0 Å². The minimum absolute atomic E-state index is 0.0391. The summed E-state index contributed by atoms with van der Waals surface area (Å²) in [5.41, 5.74) is 1.50. The van der Waals surface area contributed by atoms with Crippen LogP contribution in [0.25, 0.3) is 10.9 Å². The fourth-order valence-electron chi connectivity index (χ4n) is 3.88. The molecule has 5 rings (SSSR count). The standard InChI is InChI=1S/C25H21ClN4OS/c26-18-6-5-7-19(16-18)32-24-17-21(20-8-1-2-9-22(20)28-24)25(31)30-14-12-29(13-15-30)23-10-3-4-11-27-23/h1-11,16-17H,12-15H2. The number of rotatable bonds is 4.